The van der Waals surface area contributed by atoms with E-state index in [-0.39, 0.29) is 43.1 Å². The van der Waals surface area contributed by atoms with Crippen molar-refractivity contribution < 1.29 is 4.79 Å². The molecule has 0 aromatic carbocycles. The van der Waals surface area contributed by atoms with E-state index in [1.54, 1.807) is 0 Å². The second-order valence-electron chi connectivity index (χ2n) is 6.99. The summed E-state index contributed by atoms with van der Waals surface area (Å²) in [6.07, 6.45) is 4.69. The number of aromatic nitrogens is 1. The quantitative estimate of drug-likeness (QED) is 0.709. The fraction of sp³-hybridized carbons (Fsp3) is 0.667. The zero-order valence-corrected chi connectivity index (χ0v) is 18.3. The van der Waals surface area contributed by atoms with Gasteiger partial charge >= 0.3 is 0 Å². The van der Waals surface area contributed by atoms with Gasteiger partial charge in [0.25, 0.3) is 0 Å². The number of halogens is 3. The van der Waals surface area contributed by atoms with Gasteiger partial charge in [0.2, 0.25) is 5.91 Å². The van der Waals surface area contributed by atoms with Crippen LogP contribution in [-0.4, -0.2) is 62.1 Å². The number of anilines is 1. The lowest BCUT2D eigenvalue weighted by atomic mass is 10.0. The second-order valence-corrected chi connectivity index (χ2v) is 6.99. The van der Waals surface area contributed by atoms with Crippen LogP contribution in [0.4, 0.5) is 5.82 Å². The van der Waals surface area contributed by atoms with Crippen molar-refractivity contribution in [2.45, 2.75) is 25.8 Å². The van der Waals surface area contributed by atoms with Crippen molar-refractivity contribution >= 4 is 48.9 Å². The highest BCUT2D eigenvalue weighted by Crippen LogP contribution is 2.15. The van der Waals surface area contributed by atoms with Gasteiger partial charge in [0, 0.05) is 45.3 Å². The maximum Gasteiger partial charge on any atom is 0.220 e. The van der Waals surface area contributed by atoms with Crippen LogP contribution >= 0.6 is 37.2 Å². The summed E-state index contributed by atoms with van der Waals surface area (Å²) in [7, 11) is 2.15. The summed E-state index contributed by atoms with van der Waals surface area (Å²) in [5.41, 5.74) is 1.06. The predicted molar refractivity (Wildman–Crippen MR) is 118 cm³/mol. The van der Waals surface area contributed by atoms with Gasteiger partial charge in [0.05, 0.1) is 0 Å². The van der Waals surface area contributed by atoms with Crippen molar-refractivity contribution in [3.05, 3.63) is 23.9 Å². The Morgan fingerprint density at radius 1 is 1.22 bits per heavy atom. The summed E-state index contributed by atoms with van der Waals surface area (Å²) >= 11 is 0. The highest BCUT2D eigenvalue weighted by molar-refractivity contribution is 5.86. The van der Waals surface area contributed by atoms with Gasteiger partial charge in [0.15, 0.2) is 0 Å². The predicted octanol–water partition coefficient (Wildman–Crippen LogP) is 2.10. The molecule has 0 spiro atoms. The molecule has 0 bridgehead atoms. The van der Waals surface area contributed by atoms with Crippen molar-refractivity contribution in [3.8, 4) is 0 Å². The van der Waals surface area contributed by atoms with E-state index < -0.39 is 0 Å². The first-order valence-electron chi connectivity index (χ1n) is 9.06. The molecule has 27 heavy (non-hydrogen) atoms. The van der Waals surface area contributed by atoms with Gasteiger partial charge in [-0.15, -0.1) is 37.2 Å². The lowest BCUT2D eigenvalue weighted by Gasteiger charge is -2.33. The number of pyridine rings is 1. The number of carbonyl (C=O) groups is 1. The SMILES string of the molecule is CN1CCN(c2ccc(CNC(=O)CCC3CCNC3)cn2)CC1.Cl.Cl.Cl. The molecule has 2 aliphatic rings. The zero-order valence-electron chi connectivity index (χ0n) is 15.9. The van der Waals surface area contributed by atoms with E-state index in [4.69, 9.17) is 0 Å². The normalized spacial score (nSPS) is 19.4. The molecule has 2 N–H and O–H groups in total. The first kappa shape index (κ1) is 26.2. The molecular formula is C18H32Cl3N5O. The molecule has 1 amide bonds. The lowest BCUT2D eigenvalue weighted by molar-refractivity contribution is -0.121. The Balaban J connectivity index is 0.00000225. The van der Waals surface area contributed by atoms with Gasteiger partial charge < -0.3 is 20.4 Å². The summed E-state index contributed by atoms with van der Waals surface area (Å²) in [6.45, 7) is 6.93. The summed E-state index contributed by atoms with van der Waals surface area (Å²) in [6, 6.07) is 4.14. The molecule has 1 aromatic heterocycles. The van der Waals surface area contributed by atoms with Crippen LogP contribution in [0.1, 0.15) is 24.8 Å². The maximum absolute atomic E-state index is 12.0. The Kier molecular flexibility index (Phi) is 13.0. The molecular weight excluding hydrogens is 409 g/mol. The third kappa shape index (κ3) is 8.40. The monoisotopic (exact) mass is 439 g/mol. The second kappa shape index (κ2) is 13.4. The van der Waals surface area contributed by atoms with E-state index in [9.17, 15) is 4.79 Å². The average molecular weight is 441 g/mol. The number of rotatable bonds is 6. The Bertz CT molecular complexity index is 532. The number of hydrogen-bond acceptors (Lipinski definition) is 5. The van der Waals surface area contributed by atoms with Crippen LogP contribution in [0.2, 0.25) is 0 Å². The molecule has 0 radical (unpaired) electrons. The zero-order chi connectivity index (χ0) is 16.8. The van der Waals surface area contributed by atoms with Gasteiger partial charge in [-0.25, -0.2) is 4.98 Å². The van der Waals surface area contributed by atoms with Crippen LogP contribution in [0, 0.1) is 5.92 Å². The van der Waals surface area contributed by atoms with E-state index >= 15 is 0 Å². The Labute approximate surface area is 181 Å². The van der Waals surface area contributed by atoms with Crippen molar-refractivity contribution in [2.75, 3.05) is 51.2 Å². The molecule has 3 heterocycles. The highest BCUT2D eigenvalue weighted by Gasteiger charge is 2.16. The molecule has 1 atom stereocenters. The molecule has 2 fully saturated rings. The molecule has 1 unspecified atom stereocenters. The minimum absolute atomic E-state index is 0. The van der Waals surface area contributed by atoms with Gasteiger partial charge in [-0.05, 0) is 50.5 Å². The molecule has 156 valence electrons. The standard InChI is InChI=1S/C18H29N5O.3ClH/c1-22-8-10-23(11-9-22)17-4-2-16(13-20-17)14-21-18(24)5-3-15-6-7-19-12-15;;;/h2,4,13,15,19H,3,5-12,14H2,1H3,(H,21,24);3*1H. The number of nitrogens with zero attached hydrogens (tertiary/aromatic N) is 3. The summed E-state index contributed by atoms with van der Waals surface area (Å²) in [5, 5.41) is 6.35. The third-order valence-corrected chi connectivity index (χ3v) is 5.07. The average Bonchev–Trinajstić information content (AvgIpc) is 3.13. The minimum atomic E-state index is 0. The molecule has 3 rings (SSSR count). The maximum atomic E-state index is 12.0. The molecule has 6 nitrogen and oxygen atoms in total. The number of piperazine rings is 1. The number of hydrogen-bond donors (Lipinski definition) is 2. The van der Waals surface area contributed by atoms with Gasteiger partial charge in [-0.1, -0.05) is 6.07 Å². The summed E-state index contributed by atoms with van der Waals surface area (Å²) in [4.78, 5) is 21.2. The number of carbonyl (C=O) groups excluding carboxylic acids is 1. The fourth-order valence-electron chi connectivity index (χ4n) is 3.33. The van der Waals surface area contributed by atoms with Crippen LogP contribution in [-0.2, 0) is 11.3 Å². The van der Waals surface area contributed by atoms with Crippen LogP contribution in [0.5, 0.6) is 0 Å². The largest absolute Gasteiger partial charge is 0.354 e. The highest BCUT2D eigenvalue weighted by atomic mass is 35.5. The van der Waals surface area contributed by atoms with Crippen molar-refractivity contribution in [2.24, 2.45) is 5.92 Å². The minimum Gasteiger partial charge on any atom is -0.354 e. The first-order valence-corrected chi connectivity index (χ1v) is 9.06. The topological polar surface area (TPSA) is 60.5 Å². The van der Waals surface area contributed by atoms with E-state index in [2.05, 4.69) is 44.6 Å². The van der Waals surface area contributed by atoms with E-state index in [0.29, 0.717) is 18.9 Å². The molecule has 2 aliphatic heterocycles. The van der Waals surface area contributed by atoms with Crippen molar-refractivity contribution in [1.29, 1.82) is 0 Å². The van der Waals surface area contributed by atoms with Crippen LogP contribution < -0.4 is 15.5 Å². The molecule has 1 aromatic rings. The molecule has 0 saturated carbocycles. The Hall–Kier alpha value is -0.790. The smallest absolute Gasteiger partial charge is 0.220 e. The van der Waals surface area contributed by atoms with Crippen molar-refractivity contribution in [1.82, 2.24) is 20.5 Å². The Morgan fingerprint density at radius 2 is 1.96 bits per heavy atom. The van der Waals surface area contributed by atoms with Gasteiger partial charge in [0.1, 0.15) is 5.82 Å². The lowest BCUT2D eigenvalue weighted by Crippen LogP contribution is -2.44. The van der Waals surface area contributed by atoms with E-state index in [1.165, 1.54) is 6.42 Å². The van der Waals surface area contributed by atoms with Gasteiger partial charge in [-0.3, -0.25) is 4.79 Å². The van der Waals surface area contributed by atoms with Crippen LogP contribution in [0.25, 0.3) is 0 Å². The summed E-state index contributed by atoms with van der Waals surface area (Å²) in [5.74, 6) is 1.84. The Morgan fingerprint density at radius 3 is 2.56 bits per heavy atom. The fourth-order valence-corrected chi connectivity index (χ4v) is 3.33. The first-order chi connectivity index (χ1) is 11.7. The van der Waals surface area contributed by atoms with E-state index in [0.717, 1.165) is 57.1 Å². The number of likely N-dealkylation sites (N-methyl/N-ethyl adjacent to an activating group) is 1. The molecule has 9 heteroatoms. The van der Waals surface area contributed by atoms with Gasteiger partial charge in [-0.2, -0.15) is 0 Å². The van der Waals surface area contributed by atoms with Crippen LogP contribution in [0.15, 0.2) is 18.3 Å². The van der Waals surface area contributed by atoms with Crippen LogP contribution in [0.3, 0.4) is 0 Å². The third-order valence-electron chi connectivity index (χ3n) is 5.07. The van der Waals surface area contributed by atoms with Crippen molar-refractivity contribution in [3.63, 3.8) is 0 Å². The van der Waals surface area contributed by atoms with E-state index in [1.807, 2.05) is 6.20 Å². The molecule has 2 saturated heterocycles. The molecule has 0 aliphatic carbocycles. The summed E-state index contributed by atoms with van der Waals surface area (Å²) < 4.78 is 0. The number of amides is 1. The number of nitrogens with one attached hydrogen (secondary N) is 2.